The van der Waals surface area contributed by atoms with Crippen LogP contribution in [0.3, 0.4) is 0 Å². The van der Waals surface area contributed by atoms with Crippen LogP contribution in [0.2, 0.25) is 0 Å². The molecule has 2 aromatic rings. The van der Waals surface area contributed by atoms with Crippen molar-refractivity contribution in [3.05, 3.63) is 41.2 Å². The van der Waals surface area contributed by atoms with Gasteiger partial charge >= 0.3 is 0 Å². The Labute approximate surface area is 111 Å². The molecule has 0 aliphatic carbocycles. The van der Waals surface area contributed by atoms with E-state index in [1.54, 1.807) is 23.6 Å². The molecule has 2 aromatic heterocycles. The maximum Gasteiger partial charge on any atom is 0.194 e. The molecule has 0 spiro atoms. The summed E-state index contributed by atoms with van der Waals surface area (Å²) in [7, 11) is -3.27. The molecule has 6 heteroatoms. The highest BCUT2D eigenvalue weighted by atomic mass is 32.2. The summed E-state index contributed by atoms with van der Waals surface area (Å²) in [6.45, 7) is 3.48. The summed E-state index contributed by atoms with van der Waals surface area (Å²) < 4.78 is 29.9. The first kappa shape index (κ1) is 13.3. The van der Waals surface area contributed by atoms with E-state index in [0.29, 0.717) is 16.5 Å². The summed E-state index contributed by atoms with van der Waals surface area (Å²) in [6, 6.07) is 6.87. The van der Waals surface area contributed by atoms with Crippen LogP contribution in [0.1, 0.15) is 18.4 Å². The molecule has 1 N–H and O–H groups in total. The molecule has 0 aliphatic heterocycles. The van der Waals surface area contributed by atoms with E-state index >= 15 is 0 Å². The maximum absolute atomic E-state index is 12.0. The number of hydrogen-bond acceptors (Lipinski definition) is 5. The van der Waals surface area contributed by atoms with Gasteiger partial charge in [-0.05, 0) is 30.1 Å². The first-order chi connectivity index (χ1) is 8.62. The quantitative estimate of drug-likeness (QED) is 0.885. The zero-order chi connectivity index (χ0) is 13.0. The molecule has 0 amide bonds. The van der Waals surface area contributed by atoms with Crippen molar-refractivity contribution in [2.45, 2.75) is 23.4 Å². The summed E-state index contributed by atoms with van der Waals surface area (Å²) in [5.41, 5.74) is 0. The normalized spacial score (nSPS) is 11.8. The highest BCUT2D eigenvalue weighted by Crippen LogP contribution is 2.22. The van der Waals surface area contributed by atoms with Gasteiger partial charge in [-0.25, -0.2) is 8.42 Å². The molecule has 98 valence electrons. The summed E-state index contributed by atoms with van der Waals surface area (Å²) in [6.07, 6.45) is 0. The summed E-state index contributed by atoms with van der Waals surface area (Å²) in [5.74, 6) is 1.16. The van der Waals surface area contributed by atoms with Gasteiger partial charge in [0.25, 0.3) is 0 Å². The first-order valence-electron chi connectivity index (χ1n) is 5.66. The first-order valence-corrected chi connectivity index (χ1v) is 8.19. The van der Waals surface area contributed by atoms with E-state index in [1.807, 2.05) is 13.0 Å². The van der Waals surface area contributed by atoms with Crippen LogP contribution in [0.4, 0.5) is 0 Å². The van der Waals surface area contributed by atoms with Crippen molar-refractivity contribution < 1.29 is 12.8 Å². The van der Waals surface area contributed by atoms with Crippen molar-refractivity contribution in [2.75, 3.05) is 6.54 Å². The fourth-order valence-electron chi connectivity index (χ4n) is 1.54. The zero-order valence-corrected chi connectivity index (χ0v) is 11.7. The minimum Gasteiger partial charge on any atom is -0.464 e. The highest BCUT2D eigenvalue weighted by Gasteiger charge is 2.18. The molecule has 2 rings (SSSR count). The fraction of sp³-hybridized carbons (Fsp3) is 0.333. The lowest BCUT2D eigenvalue weighted by Gasteiger charge is -1.99. The number of furan rings is 1. The smallest absolute Gasteiger partial charge is 0.194 e. The molecule has 0 aromatic carbocycles. The molecule has 0 saturated heterocycles. The number of hydrogen-bond donors (Lipinski definition) is 1. The van der Waals surface area contributed by atoms with Crippen LogP contribution in [0, 0.1) is 0 Å². The van der Waals surface area contributed by atoms with Gasteiger partial charge in [0.15, 0.2) is 9.84 Å². The van der Waals surface area contributed by atoms with Gasteiger partial charge in [0.05, 0.1) is 6.54 Å². The van der Waals surface area contributed by atoms with Gasteiger partial charge in [-0.15, -0.1) is 11.3 Å². The van der Waals surface area contributed by atoms with Gasteiger partial charge < -0.3 is 9.73 Å². The summed E-state index contributed by atoms with van der Waals surface area (Å²) >= 11 is 1.23. The Bertz CT molecular complexity index is 585. The number of sulfone groups is 1. The van der Waals surface area contributed by atoms with E-state index in [0.717, 1.165) is 12.3 Å². The van der Waals surface area contributed by atoms with Crippen molar-refractivity contribution in [3.63, 3.8) is 0 Å². The molecule has 18 heavy (non-hydrogen) atoms. The van der Waals surface area contributed by atoms with Crippen LogP contribution in [-0.4, -0.2) is 15.0 Å². The zero-order valence-electron chi connectivity index (χ0n) is 10.0. The lowest BCUT2D eigenvalue weighted by atomic mass is 10.4. The third-order valence-corrected chi connectivity index (χ3v) is 5.53. The van der Waals surface area contributed by atoms with Crippen molar-refractivity contribution >= 4 is 21.2 Å². The van der Waals surface area contributed by atoms with Gasteiger partial charge in [-0.2, -0.15) is 0 Å². The molecule has 0 unspecified atom stereocenters. The van der Waals surface area contributed by atoms with Gasteiger partial charge in [0.2, 0.25) is 0 Å². The van der Waals surface area contributed by atoms with Crippen molar-refractivity contribution in [2.24, 2.45) is 0 Å². The summed E-state index contributed by atoms with van der Waals surface area (Å²) in [5, 5.41) is 4.88. The topological polar surface area (TPSA) is 59.3 Å². The van der Waals surface area contributed by atoms with Gasteiger partial charge in [0.1, 0.15) is 21.5 Å². The van der Waals surface area contributed by atoms with E-state index in [1.165, 1.54) is 11.3 Å². The minimum absolute atomic E-state index is 0.0837. The standard InChI is InChI=1S/C12H15NO3S2/c1-2-13-8-10-5-6-11(16-10)9-18(14,15)12-4-3-7-17-12/h3-7,13H,2,8-9H2,1H3. The van der Waals surface area contributed by atoms with Crippen LogP contribution < -0.4 is 5.32 Å². The molecule has 2 heterocycles. The lowest BCUT2D eigenvalue weighted by molar-refractivity contribution is 0.459. The van der Waals surface area contributed by atoms with Crippen molar-refractivity contribution in [1.82, 2.24) is 5.32 Å². The van der Waals surface area contributed by atoms with E-state index in [2.05, 4.69) is 5.32 Å². The molecular formula is C12H15NO3S2. The Kier molecular flexibility index (Phi) is 4.21. The van der Waals surface area contributed by atoms with E-state index in [9.17, 15) is 8.42 Å². The number of nitrogens with one attached hydrogen (secondary N) is 1. The van der Waals surface area contributed by atoms with E-state index < -0.39 is 9.84 Å². The average Bonchev–Trinajstić information content (AvgIpc) is 2.96. The van der Waals surface area contributed by atoms with Gasteiger partial charge in [-0.3, -0.25) is 0 Å². The number of rotatable bonds is 6. The van der Waals surface area contributed by atoms with Gasteiger partial charge in [-0.1, -0.05) is 13.0 Å². The average molecular weight is 285 g/mol. The predicted octanol–water partition coefficient (Wildman–Crippen LogP) is 2.42. The SMILES string of the molecule is CCNCc1ccc(CS(=O)(=O)c2cccs2)o1. The second-order valence-corrected chi connectivity index (χ2v) is 7.00. The molecular weight excluding hydrogens is 270 g/mol. The van der Waals surface area contributed by atoms with Crippen molar-refractivity contribution in [3.8, 4) is 0 Å². The Hall–Kier alpha value is -1.11. The number of thiophene rings is 1. The fourth-order valence-corrected chi connectivity index (χ4v) is 3.88. The van der Waals surface area contributed by atoms with Crippen molar-refractivity contribution in [1.29, 1.82) is 0 Å². The van der Waals surface area contributed by atoms with Crippen LogP contribution in [0.25, 0.3) is 0 Å². The maximum atomic E-state index is 12.0. The Morgan fingerprint density at radius 2 is 2.06 bits per heavy atom. The molecule has 0 aliphatic rings. The second-order valence-electron chi connectivity index (χ2n) is 3.84. The molecule has 0 radical (unpaired) electrons. The summed E-state index contributed by atoms with van der Waals surface area (Å²) in [4.78, 5) is 0. The van der Waals surface area contributed by atoms with Crippen LogP contribution in [0.5, 0.6) is 0 Å². The highest BCUT2D eigenvalue weighted by molar-refractivity contribution is 7.92. The Balaban J connectivity index is 2.08. The second kappa shape index (κ2) is 5.69. The largest absolute Gasteiger partial charge is 0.464 e. The van der Waals surface area contributed by atoms with Crippen LogP contribution in [-0.2, 0) is 22.1 Å². The van der Waals surface area contributed by atoms with Crippen LogP contribution in [0.15, 0.2) is 38.3 Å². The molecule has 0 bridgehead atoms. The predicted molar refractivity (Wildman–Crippen MR) is 71.3 cm³/mol. The molecule has 0 fully saturated rings. The Morgan fingerprint density at radius 1 is 1.28 bits per heavy atom. The third kappa shape index (κ3) is 3.22. The molecule has 4 nitrogen and oxygen atoms in total. The minimum atomic E-state index is -3.27. The molecule has 0 saturated carbocycles. The van der Waals surface area contributed by atoms with Crippen LogP contribution >= 0.6 is 11.3 Å². The monoisotopic (exact) mass is 285 g/mol. The van der Waals surface area contributed by atoms with Gasteiger partial charge in [0, 0.05) is 0 Å². The Morgan fingerprint density at radius 3 is 2.72 bits per heavy atom. The van der Waals surface area contributed by atoms with E-state index in [4.69, 9.17) is 4.42 Å². The lowest BCUT2D eigenvalue weighted by Crippen LogP contribution is -2.10. The third-order valence-electron chi connectivity index (χ3n) is 2.40. The van der Waals surface area contributed by atoms with E-state index in [-0.39, 0.29) is 5.75 Å². The molecule has 0 atom stereocenters.